The standard InChI is InChI=1S/C10H10ClN3O3/c1-16-8-2-5(7(15)3-6(8)11)10-13-9(4-12)17-14-10/h2-3,15H,4,12H2,1H3. The van der Waals surface area contributed by atoms with Gasteiger partial charge in [0.25, 0.3) is 0 Å². The summed E-state index contributed by atoms with van der Waals surface area (Å²) in [5.74, 6) is 0.880. The maximum Gasteiger partial charge on any atom is 0.240 e. The van der Waals surface area contributed by atoms with Crippen LogP contribution in [-0.4, -0.2) is 22.4 Å². The summed E-state index contributed by atoms with van der Waals surface area (Å²) in [4.78, 5) is 4.00. The van der Waals surface area contributed by atoms with Gasteiger partial charge >= 0.3 is 0 Å². The number of aromatic nitrogens is 2. The van der Waals surface area contributed by atoms with Gasteiger partial charge in [0.15, 0.2) is 0 Å². The number of phenols is 1. The van der Waals surface area contributed by atoms with Crippen LogP contribution < -0.4 is 10.5 Å². The molecule has 0 aliphatic rings. The second kappa shape index (κ2) is 4.60. The summed E-state index contributed by atoms with van der Waals surface area (Å²) in [5, 5.41) is 13.8. The van der Waals surface area contributed by atoms with Crippen LogP contribution in [0.15, 0.2) is 16.7 Å². The number of hydrogen-bond donors (Lipinski definition) is 2. The predicted molar refractivity (Wildman–Crippen MR) is 60.9 cm³/mol. The number of rotatable bonds is 3. The zero-order valence-electron chi connectivity index (χ0n) is 8.98. The van der Waals surface area contributed by atoms with Crippen LogP contribution >= 0.6 is 11.6 Å². The average molecular weight is 256 g/mol. The van der Waals surface area contributed by atoms with Crippen molar-refractivity contribution in [2.75, 3.05) is 7.11 Å². The average Bonchev–Trinajstić information content (AvgIpc) is 2.78. The Morgan fingerprint density at radius 1 is 1.53 bits per heavy atom. The third kappa shape index (κ3) is 2.17. The number of halogens is 1. The van der Waals surface area contributed by atoms with Gasteiger partial charge in [-0.05, 0) is 6.07 Å². The van der Waals surface area contributed by atoms with Crippen LogP contribution in [0.4, 0.5) is 0 Å². The first-order valence-corrected chi connectivity index (χ1v) is 5.13. The molecular weight excluding hydrogens is 246 g/mol. The fourth-order valence-electron chi connectivity index (χ4n) is 1.33. The quantitative estimate of drug-likeness (QED) is 0.864. The van der Waals surface area contributed by atoms with Crippen molar-refractivity contribution in [3.05, 3.63) is 23.0 Å². The molecule has 90 valence electrons. The Morgan fingerprint density at radius 3 is 2.88 bits per heavy atom. The number of hydrogen-bond acceptors (Lipinski definition) is 6. The molecular formula is C10H10ClN3O3. The van der Waals surface area contributed by atoms with E-state index >= 15 is 0 Å². The van der Waals surface area contributed by atoms with Crippen molar-refractivity contribution in [1.82, 2.24) is 10.1 Å². The molecule has 1 aromatic carbocycles. The molecule has 2 aromatic rings. The van der Waals surface area contributed by atoms with Crippen LogP contribution in [-0.2, 0) is 6.54 Å². The Bertz CT molecular complexity index is 542. The second-order valence-corrected chi connectivity index (χ2v) is 3.63. The molecule has 0 radical (unpaired) electrons. The van der Waals surface area contributed by atoms with Gasteiger partial charge < -0.3 is 20.1 Å². The molecule has 0 unspecified atom stereocenters. The Kier molecular flexibility index (Phi) is 3.16. The van der Waals surface area contributed by atoms with E-state index in [0.29, 0.717) is 16.3 Å². The summed E-state index contributed by atoms with van der Waals surface area (Å²) in [7, 11) is 1.48. The fourth-order valence-corrected chi connectivity index (χ4v) is 1.56. The second-order valence-electron chi connectivity index (χ2n) is 3.22. The molecule has 17 heavy (non-hydrogen) atoms. The summed E-state index contributed by atoms with van der Waals surface area (Å²) < 4.78 is 9.90. The maximum atomic E-state index is 9.75. The van der Waals surface area contributed by atoms with Crippen LogP contribution in [0.3, 0.4) is 0 Å². The van der Waals surface area contributed by atoms with Crippen LogP contribution in [0.2, 0.25) is 5.02 Å². The lowest BCUT2D eigenvalue weighted by Gasteiger charge is -2.06. The van der Waals surface area contributed by atoms with Crippen molar-refractivity contribution in [3.63, 3.8) is 0 Å². The number of methoxy groups -OCH3 is 1. The van der Waals surface area contributed by atoms with Crippen LogP contribution in [0.5, 0.6) is 11.5 Å². The molecule has 6 nitrogen and oxygen atoms in total. The van der Waals surface area contributed by atoms with E-state index in [1.165, 1.54) is 19.2 Å². The number of benzene rings is 1. The number of nitrogens with two attached hydrogens (primary N) is 1. The first-order valence-electron chi connectivity index (χ1n) is 4.75. The third-order valence-corrected chi connectivity index (χ3v) is 2.45. The number of nitrogens with zero attached hydrogens (tertiary/aromatic N) is 2. The highest BCUT2D eigenvalue weighted by atomic mass is 35.5. The highest BCUT2D eigenvalue weighted by Crippen LogP contribution is 2.36. The molecule has 0 spiro atoms. The van der Waals surface area contributed by atoms with E-state index in [0.717, 1.165) is 0 Å². The molecule has 1 heterocycles. The molecule has 2 rings (SSSR count). The monoisotopic (exact) mass is 255 g/mol. The molecule has 0 atom stereocenters. The van der Waals surface area contributed by atoms with E-state index in [1.807, 2.05) is 0 Å². The predicted octanol–water partition coefficient (Wildman–Crippen LogP) is 1.56. The summed E-state index contributed by atoms with van der Waals surface area (Å²) in [5.41, 5.74) is 5.73. The Labute approximate surface area is 102 Å². The van der Waals surface area contributed by atoms with Crippen molar-refractivity contribution in [2.45, 2.75) is 6.54 Å². The van der Waals surface area contributed by atoms with Crippen molar-refractivity contribution in [1.29, 1.82) is 0 Å². The van der Waals surface area contributed by atoms with Gasteiger partial charge in [0, 0.05) is 6.07 Å². The first kappa shape index (κ1) is 11.7. The molecule has 0 amide bonds. The molecule has 1 aromatic heterocycles. The van der Waals surface area contributed by atoms with Gasteiger partial charge in [0.2, 0.25) is 11.7 Å². The van der Waals surface area contributed by atoms with E-state index in [2.05, 4.69) is 10.1 Å². The maximum absolute atomic E-state index is 9.75. The lowest BCUT2D eigenvalue weighted by Crippen LogP contribution is -1.95. The Hall–Kier alpha value is -1.79. The van der Waals surface area contributed by atoms with Gasteiger partial charge in [-0.3, -0.25) is 0 Å². The van der Waals surface area contributed by atoms with Crippen molar-refractivity contribution >= 4 is 11.6 Å². The van der Waals surface area contributed by atoms with Crippen LogP contribution in [0.25, 0.3) is 11.4 Å². The van der Waals surface area contributed by atoms with E-state index in [9.17, 15) is 5.11 Å². The van der Waals surface area contributed by atoms with E-state index in [4.69, 9.17) is 26.6 Å². The number of ether oxygens (including phenoxy) is 1. The van der Waals surface area contributed by atoms with Crippen LogP contribution in [0.1, 0.15) is 5.89 Å². The Balaban J connectivity index is 2.50. The van der Waals surface area contributed by atoms with Gasteiger partial charge in [-0.15, -0.1) is 0 Å². The molecule has 0 bridgehead atoms. The van der Waals surface area contributed by atoms with Crippen molar-refractivity contribution in [3.8, 4) is 22.9 Å². The molecule has 0 aliphatic carbocycles. The molecule has 0 saturated carbocycles. The minimum Gasteiger partial charge on any atom is -0.507 e. The molecule has 0 fully saturated rings. The third-order valence-electron chi connectivity index (χ3n) is 2.15. The molecule has 7 heteroatoms. The number of phenolic OH excluding ortho intramolecular Hbond substituents is 1. The fraction of sp³-hybridized carbons (Fsp3) is 0.200. The van der Waals surface area contributed by atoms with Crippen LogP contribution in [0, 0.1) is 0 Å². The summed E-state index contributed by atoms with van der Waals surface area (Å²) in [6, 6.07) is 2.89. The zero-order valence-corrected chi connectivity index (χ0v) is 9.73. The summed E-state index contributed by atoms with van der Waals surface area (Å²) in [6.45, 7) is 0.137. The van der Waals surface area contributed by atoms with Crippen molar-refractivity contribution < 1.29 is 14.4 Å². The largest absolute Gasteiger partial charge is 0.507 e. The van der Waals surface area contributed by atoms with Gasteiger partial charge in [-0.2, -0.15) is 4.98 Å². The topological polar surface area (TPSA) is 94.4 Å². The first-order chi connectivity index (χ1) is 8.15. The normalized spacial score (nSPS) is 10.5. The highest BCUT2D eigenvalue weighted by Gasteiger charge is 2.15. The highest BCUT2D eigenvalue weighted by molar-refractivity contribution is 6.32. The van der Waals surface area contributed by atoms with Gasteiger partial charge in [-0.1, -0.05) is 16.8 Å². The van der Waals surface area contributed by atoms with Crippen molar-refractivity contribution in [2.24, 2.45) is 5.73 Å². The lowest BCUT2D eigenvalue weighted by molar-refractivity contribution is 0.380. The molecule has 3 N–H and O–H groups in total. The lowest BCUT2D eigenvalue weighted by atomic mass is 10.2. The van der Waals surface area contributed by atoms with E-state index in [1.54, 1.807) is 0 Å². The summed E-state index contributed by atoms with van der Waals surface area (Å²) >= 11 is 5.85. The smallest absolute Gasteiger partial charge is 0.240 e. The van der Waals surface area contributed by atoms with Gasteiger partial charge in [0.1, 0.15) is 11.5 Å². The summed E-state index contributed by atoms with van der Waals surface area (Å²) in [6.07, 6.45) is 0. The Morgan fingerprint density at radius 2 is 2.29 bits per heavy atom. The molecule has 0 aliphatic heterocycles. The molecule has 0 saturated heterocycles. The zero-order chi connectivity index (χ0) is 12.4. The number of aromatic hydroxyl groups is 1. The minimum atomic E-state index is -0.0554. The van der Waals surface area contributed by atoms with E-state index in [-0.39, 0.29) is 24.0 Å². The van der Waals surface area contributed by atoms with Gasteiger partial charge in [-0.25, -0.2) is 0 Å². The minimum absolute atomic E-state index is 0.0554. The SMILES string of the molecule is COc1cc(-c2noc(CN)n2)c(O)cc1Cl. The van der Waals surface area contributed by atoms with Gasteiger partial charge in [0.05, 0.1) is 24.2 Å². The van der Waals surface area contributed by atoms with E-state index < -0.39 is 0 Å².